The zero-order valence-electron chi connectivity index (χ0n) is 21.0. The fourth-order valence-electron chi connectivity index (χ4n) is 7.17. The number of hydrogen-bond donors (Lipinski definition) is 0. The van der Waals surface area contributed by atoms with E-state index in [1.807, 2.05) is 0 Å². The largest absolute Gasteiger partial charge is 0.197 e. The number of rotatable bonds is 11. The Labute approximate surface area is 194 Å². The summed E-state index contributed by atoms with van der Waals surface area (Å²) in [6.45, 7) is 4.61. The molecule has 3 aliphatic rings. The molecule has 1 atom stereocenters. The molecule has 1 nitrogen and oxygen atoms in total. The molecule has 3 aliphatic carbocycles. The molecule has 3 rings (SSSR count). The van der Waals surface area contributed by atoms with Gasteiger partial charge in [-0.05, 0) is 81.5 Å². The van der Waals surface area contributed by atoms with Crippen molar-refractivity contribution in [1.29, 1.82) is 5.26 Å². The summed E-state index contributed by atoms with van der Waals surface area (Å²) in [6, 6.07) is 2.85. The molecule has 0 aliphatic heterocycles. The van der Waals surface area contributed by atoms with Crippen LogP contribution < -0.4 is 0 Å². The number of nitrogens with zero attached hydrogens (tertiary/aromatic N) is 1. The van der Waals surface area contributed by atoms with Crippen molar-refractivity contribution in [1.82, 2.24) is 0 Å². The van der Waals surface area contributed by atoms with Crippen molar-refractivity contribution in [3.63, 3.8) is 0 Å². The average Bonchev–Trinajstić information content (AvgIpc) is 2.83. The van der Waals surface area contributed by atoms with Crippen LogP contribution in [0.2, 0.25) is 0 Å². The van der Waals surface area contributed by atoms with E-state index in [9.17, 15) is 5.26 Å². The Hall–Kier alpha value is -0.770. The Balaban J connectivity index is 1.40. The first-order chi connectivity index (χ1) is 15.2. The first-order valence-corrected chi connectivity index (χ1v) is 14.3. The zero-order valence-corrected chi connectivity index (χ0v) is 21.0. The second kappa shape index (κ2) is 13.1. The molecular weight excluding hydrogens is 374 g/mol. The van der Waals surface area contributed by atoms with Crippen molar-refractivity contribution in [3.8, 4) is 6.07 Å². The Bertz CT molecular complexity index is 566. The summed E-state index contributed by atoms with van der Waals surface area (Å²) >= 11 is 0. The molecule has 0 radical (unpaired) electrons. The first kappa shape index (κ1) is 24.9. The van der Waals surface area contributed by atoms with Crippen LogP contribution in [0.3, 0.4) is 0 Å². The van der Waals surface area contributed by atoms with Gasteiger partial charge in [0.05, 0.1) is 11.5 Å². The lowest BCUT2D eigenvalue weighted by molar-refractivity contribution is 0.130. The molecule has 176 valence electrons. The first-order valence-electron chi connectivity index (χ1n) is 14.3. The van der Waals surface area contributed by atoms with Crippen molar-refractivity contribution < 1.29 is 0 Å². The average molecular weight is 426 g/mol. The van der Waals surface area contributed by atoms with Gasteiger partial charge in [-0.3, -0.25) is 0 Å². The summed E-state index contributed by atoms with van der Waals surface area (Å²) in [6.07, 6.45) is 29.9. The molecule has 2 fully saturated rings. The van der Waals surface area contributed by atoms with E-state index >= 15 is 0 Å². The van der Waals surface area contributed by atoms with Crippen molar-refractivity contribution >= 4 is 0 Å². The normalized spacial score (nSPS) is 34.2. The van der Waals surface area contributed by atoms with Crippen molar-refractivity contribution in [2.24, 2.45) is 29.1 Å². The molecule has 0 saturated heterocycles. The third-order valence-electron chi connectivity index (χ3n) is 9.47. The minimum atomic E-state index is -0.0953. The maximum absolute atomic E-state index is 10.2. The van der Waals surface area contributed by atoms with E-state index in [0.717, 1.165) is 36.5 Å². The van der Waals surface area contributed by atoms with E-state index < -0.39 is 0 Å². The molecule has 0 aromatic rings. The Kier molecular flexibility index (Phi) is 10.5. The fraction of sp³-hybridized carbons (Fsp3) is 0.900. The van der Waals surface area contributed by atoms with Gasteiger partial charge in [0.2, 0.25) is 0 Å². The van der Waals surface area contributed by atoms with Crippen LogP contribution in [-0.4, -0.2) is 0 Å². The van der Waals surface area contributed by atoms with Crippen LogP contribution in [0.5, 0.6) is 0 Å². The molecule has 0 aromatic carbocycles. The highest BCUT2D eigenvalue weighted by molar-refractivity contribution is 5.26. The Morgan fingerprint density at radius 3 is 2.03 bits per heavy atom. The van der Waals surface area contributed by atoms with Crippen LogP contribution in [0.15, 0.2) is 11.6 Å². The molecule has 0 amide bonds. The van der Waals surface area contributed by atoms with E-state index in [4.69, 9.17) is 0 Å². The van der Waals surface area contributed by atoms with Gasteiger partial charge in [-0.1, -0.05) is 96.1 Å². The highest BCUT2D eigenvalue weighted by atomic mass is 14.5. The third kappa shape index (κ3) is 7.11. The smallest absolute Gasteiger partial charge is 0.0782 e. The fourth-order valence-corrected chi connectivity index (χ4v) is 7.17. The molecule has 1 heteroatoms. The summed E-state index contributed by atoms with van der Waals surface area (Å²) in [5.41, 5.74) is 1.44. The number of nitriles is 1. The summed E-state index contributed by atoms with van der Waals surface area (Å²) in [7, 11) is 0. The van der Waals surface area contributed by atoms with Gasteiger partial charge in [0.25, 0.3) is 0 Å². The number of allylic oxidation sites excluding steroid dienone is 2. The molecule has 0 spiro atoms. The van der Waals surface area contributed by atoms with Gasteiger partial charge in [-0.2, -0.15) is 5.26 Å². The second-order valence-corrected chi connectivity index (χ2v) is 11.5. The van der Waals surface area contributed by atoms with Crippen LogP contribution in [-0.2, 0) is 0 Å². The van der Waals surface area contributed by atoms with Crippen LogP contribution in [0.1, 0.15) is 142 Å². The lowest BCUT2D eigenvalue weighted by Gasteiger charge is -2.42. The maximum Gasteiger partial charge on any atom is 0.0782 e. The van der Waals surface area contributed by atoms with E-state index in [0.29, 0.717) is 0 Å². The molecule has 0 aromatic heterocycles. The Morgan fingerprint density at radius 1 is 0.774 bits per heavy atom. The van der Waals surface area contributed by atoms with Gasteiger partial charge in [0, 0.05) is 0 Å². The predicted octanol–water partition coefficient (Wildman–Crippen LogP) is 9.77. The topological polar surface area (TPSA) is 23.8 Å². The van der Waals surface area contributed by atoms with E-state index in [-0.39, 0.29) is 5.41 Å². The summed E-state index contributed by atoms with van der Waals surface area (Å²) in [5.74, 6) is 3.78. The maximum atomic E-state index is 10.2. The lowest BCUT2D eigenvalue weighted by Crippen LogP contribution is -2.33. The quantitative estimate of drug-likeness (QED) is 0.239. The monoisotopic (exact) mass is 425 g/mol. The van der Waals surface area contributed by atoms with Gasteiger partial charge in [0.1, 0.15) is 0 Å². The third-order valence-corrected chi connectivity index (χ3v) is 9.47. The SMILES string of the molecule is CCCCCCCC1CCC(C2CCC(C#N)(C3=CC[C@H](CCCC)CC3)CC2)CC1. The van der Waals surface area contributed by atoms with Gasteiger partial charge in [0.15, 0.2) is 0 Å². The van der Waals surface area contributed by atoms with Crippen LogP contribution in [0, 0.1) is 40.4 Å². The molecule has 0 heterocycles. The van der Waals surface area contributed by atoms with Crippen LogP contribution in [0.4, 0.5) is 0 Å². The Morgan fingerprint density at radius 2 is 1.42 bits per heavy atom. The van der Waals surface area contributed by atoms with E-state index in [2.05, 4.69) is 26.0 Å². The highest BCUT2D eigenvalue weighted by Crippen LogP contribution is 2.51. The van der Waals surface area contributed by atoms with Crippen LogP contribution in [0.25, 0.3) is 0 Å². The molecule has 2 saturated carbocycles. The number of hydrogen-bond acceptors (Lipinski definition) is 1. The zero-order chi connectivity index (χ0) is 21.9. The van der Waals surface area contributed by atoms with Crippen molar-refractivity contribution in [2.75, 3.05) is 0 Å². The summed E-state index contributed by atoms with van der Waals surface area (Å²) < 4.78 is 0. The minimum absolute atomic E-state index is 0.0953. The van der Waals surface area contributed by atoms with Gasteiger partial charge >= 0.3 is 0 Å². The molecule has 0 bridgehead atoms. The molecule has 0 N–H and O–H groups in total. The molecular formula is C30H51N. The molecule has 31 heavy (non-hydrogen) atoms. The standard InChI is InChI=1S/C30H51N/c1-3-5-7-8-9-11-26-12-16-27(17-13-26)28-20-22-30(24-31,23-21-28)29-18-14-25(15-19-29)10-6-4-2/h18,25-28H,3-17,19-23H2,1-2H3/t25-,26?,27?,28?,30?/m0/s1. The predicted molar refractivity (Wildman–Crippen MR) is 134 cm³/mol. The molecule has 0 unspecified atom stereocenters. The van der Waals surface area contributed by atoms with Crippen molar-refractivity contribution in [2.45, 2.75) is 142 Å². The minimum Gasteiger partial charge on any atom is -0.197 e. The van der Waals surface area contributed by atoms with Gasteiger partial charge in [-0.15, -0.1) is 0 Å². The second-order valence-electron chi connectivity index (χ2n) is 11.5. The van der Waals surface area contributed by atoms with Crippen LogP contribution >= 0.6 is 0 Å². The highest BCUT2D eigenvalue weighted by Gasteiger charge is 2.41. The summed E-state index contributed by atoms with van der Waals surface area (Å²) in [4.78, 5) is 0. The van der Waals surface area contributed by atoms with E-state index in [1.54, 1.807) is 0 Å². The number of unbranched alkanes of at least 4 members (excludes halogenated alkanes) is 5. The van der Waals surface area contributed by atoms with Gasteiger partial charge in [-0.25, -0.2) is 0 Å². The van der Waals surface area contributed by atoms with Crippen molar-refractivity contribution in [3.05, 3.63) is 11.6 Å². The summed E-state index contributed by atoms with van der Waals surface area (Å²) in [5, 5.41) is 10.2. The lowest BCUT2D eigenvalue weighted by atomic mass is 9.61. The van der Waals surface area contributed by atoms with Gasteiger partial charge < -0.3 is 0 Å². The van der Waals surface area contributed by atoms with E-state index in [1.165, 1.54) is 121 Å².